The van der Waals surface area contributed by atoms with Crippen molar-refractivity contribution in [1.82, 2.24) is 15.4 Å². The molecule has 1 aromatic heterocycles. The van der Waals surface area contributed by atoms with Gasteiger partial charge in [0.1, 0.15) is 0 Å². The predicted octanol–water partition coefficient (Wildman–Crippen LogP) is 1.87. The fraction of sp³-hybridized carbons (Fsp3) is 0.706. The molecular formula is C17H30N4O2S2. The highest BCUT2D eigenvalue weighted by Crippen LogP contribution is 2.25. The highest BCUT2D eigenvalue weighted by molar-refractivity contribution is 7.89. The molecule has 0 aromatic carbocycles. The van der Waals surface area contributed by atoms with Crippen LogP contribution >= 0.6 is 11.3 Å². The lowest BCUT2D eigenvalue weighted by molar-refractivity contribution is 0.316. The van der Waals surface area contributed by atoms with Crippen LogP contribution in [0.1, 0.15) is 35.9 Å². The molecule has 0 amide bonds. The van der Waals surface area contributed by atoms with Gasteiger partial charge in [0, 0.05) is 42.4 Å². The van der Waals surface area contributed by atoms with E-state index in [4.69, 9.17) is 0 Å². The van der Waals surface area contributed by atoms with Crippen LogP contribution in [0.5, 0.6) is 0 Å². The standard InChI is InChI=1S/C17H30N4O2S2/c1-13(11-16-8-7-14(2)24-16)21-17(18-3)19-9-10-25(22,23)20-12-15-5-4-6-15/h7-8,13,15,20H,4-6,9-12H2,1-3H3,(H2,18,19,21). The summed E-state index contributed by atoms with van der Waals surface area (Å²) in [6, 6.07) is 4.49. The SMILES string of the molecule is CN=C(NCCS(=O)(=O)NCC1CCC1)NC(C)Cc1ccc(C)s1. The Balaban J connectivity index is 1.68. The van der Waals surface area contributed by atoms with Gasteiger partial charge in [-0.25, -0.2) is 13.1 Å². The van der Waals surface area contributed by atoms with Crippen LogP contribution in [0.25, 0.3) is 0 Å². The van der Waals surface area contributed by atoms with E-state index in [0.717, 1.165) is 19.3 Å². The van der Waals surface area contributed by atoms with E-state index in [2.05, 4.69) is 46.3 Å². The van der Waals surface area contributed by atoms with Crippen molar-refractivity contribution < 1.29 is 8.42 Å². The zero-order valence-electron chi connectivity index (χ0n) is 15.3. The van der Waals surface area contributed by atoms with Crippen molar-refractivity contribution in [1.29, 1.82) is 0 Å². The Kier molecular flexibility index (Phi) is 7.71. The summed E-state index contributed by atoms with van der Waals surface area (Å²) in [6.45, 7) is 5.11. The molecule has 142 valence electrons. The molecule has 1 saturated carbocycles. The number of nitrogens with one attached hydrogen (secondary N) is 3. The Hall–Kier alpha value is -1.12. The smallest absolute Gasteiger partial charge is 0.213 e. The molecule has 1 atom stereocenters. The number of thiophene rings is 1. The summed E-state index contributed by atoms with van der Waals surface area (Å²) in [7, 11) is -1.53. The first-order chi connectivity index (χ1) is 11.9. The van der Waals surface area contributed by atoms with E-state index in [1.807, 2.05) is 0 Å². The third-order valence-electron chi connectivity index (χ3n) is 4.39. The minimum Gasteiger partial charge on any atom is -0.355 e. The minimum absolute atomic E-state index is 0.0545. The van der Waals surface area contributed by atoms with Gasteiger partial charge in [-0.15, -0.1) is 11.3 Å². The maximum atomic E-state index is 12.0. The van der Waals surface area contributed by atoms with E-state index in [9.17, 15) is 8.42 Å². The molecule has 0 saturated heterocycles. The summed E-state index contributed by atoms with van der Waals surface area (Å²) in [5.41, 5.74) is 0. The molecule has 0 bridgehead atoms. The molecule has 25 heavy (non-hydrogen) atoms. The zero-order valence-corrected chi connectivity index (χ0v) is 17.0. The highest BCUT2D eigenvalue weighted by Gasteiger charge is 2.20. The lowest BCUT2D eigenvalue weighted by Gasteiger charge is -2.25. The molecule has 0 radical (unpaired) electrons. The molecule has 0 spiro atoms. The number of aliphatic imine (C=N–C) groups is 1. The van der Waals surface area contributed by atoms with E-state index >= 15 is 0 Å². The number of rotatable bonds is 9. The Morgan fingerprint density at radius 2 is 2.16 bits per heavy atom. The number of sulfonamides is 1. The zero-order chi connectivity index (χ0) is 18.3. The molecule has 1 unspecified atom stereocenters. The normalized spacial score (nSPS) is 17.2. The Labute approximate surface area is 155 Å². The van der Waals surface area contributed by atoms with Gasteiger partial charge in [-0.3, -0.25) is 4.99 Å². The Bertz CT molecular complexity index is 666. The lowest BCUT2D eigenvalue weighted by Crippen LogP contribution is -2.45. The van der Waals surface area contributed by atoms with E-state index in [-0.39, 0.29) is 11.8 Å². The van der Waals surface area contributed by atoms with Crippen LogP contribution in [0.2, 0.25) is 0 Å². The first-order valence-corrected chi connectivity index (χ1v) is 11.3. The summed E-state index contributed by atoms with van der Waals surface area (Å²) < 4.78 is 26.7. The van der Waals surface area contributed by atoms with Gasteiger partial charge >= 0.3 is 0 Å². The van der Waals surface area contributed by atoms with Crippen LogP contribution in [0, 0.1) is 12.8 Å². The minimum atomic E-state index is -3.22. The number of aryl methyl sites for hydroxylation is 1. The van der Waals surface area contributed by atoms with Crippen molar-refractivity contribution >= 4 is 27.3 Å². The molecular weight excluding hydrogens is 356 g/mol. The van der Waals surface area contributed by atoms with Gasteiger partial charge in [-0.05, 0) is 44.7 Å². The molecule has 1 aliphatic carbocycles. The summed E-state index contributed by atoms with van der Waals surface area (Å²) in [5.74, 6) is 1.22. The van der Waals surface area contributed by atoms with Gasteiger partial charge in [0.15, 0.2) is 5.96 Å². The summed E-state index contributed by atoms with van der Waals surface area (Å²) in [5, 5.41) is 6.40. The quantitative estimate of drug-likeness (QED) is 0.447. The molecule has 1 aromatic rings. The maximum Gasteiger partial charge on any atom is 0.213 e. The monoisotopic (exact) mass is 386 g/mol. The number of nitrogens with zero attached hydrogens (tertiary/aromatic N) is 1. The summed E-state index contributed by atoms with van der Waals surface area (Å²) in [6.07, 6.45) is 4.41. The van der Waals surface area contributed by atoms with Crippen LogP contribution in [0.3, 0.4) is 0 Å². The first-order valence-electron chi connectivity index (χ1n) is 8.88. The van der Waals surface area contributed by atoms with Crippen LogP contribution < -0.4 is 15.4 Å². The van der Waals surface area contributed by atoms with Crippen LogP contribution in [0.4, 0.5) is 0 Å². The predicted molar refractivity (Wildman–Crippen MR) is 106 cm³/mol. The van der Waals surface area contributed by atoms with E-state index in [1.165, 1.54) is 16.2 Å². The average molecular weight is 387 g/mol. The molecule has 0 aliphatic heterocycles. The van der Waals surface area contributed by atoms with Gasteiger partial charge in [0.25, 0.3) is 0 Å². The maximum absolute atomic E-state index is 12.0. The fourth-order valence-electron chi connectivity index (χ4n) is 2.69. The lowest BCUT2D eigenvalue weighted by atomic mass is 9.86. The number of hydrogen-bond donors (Lipinski definition) is 3. The van der Waals surface area contributed by atoms with Crippen molar-refractivity contribution in [3.63, 3.8) is 0 Å². The second-order valence-electron chi connectivity index (χ2n) is 6.73. The highest BCUT2D eigenvalue weighted by atomic mass is 32.2. The van der Waals surface area contributed by atoms with Crippen molar-refractivity contribution in [2.24, 2.45) is 10.9 Å². The molecule has 6 nitrogen and oxygen atoms in total. The van der Waals surface area contributed by atoms with Gasteiger partial charge in [-0.1, -0.05) is 6.42 Å². The molecule has 1 fully saturated rings. The summed E-state index contributed by atoms with van der Waals surface area (Å²) >= 11 is 1.80. The third-order valence-corrected chi connectivity index (χ3v) is 6.76. The van der Waals surface area contributed by atoms with E-state index in [0.29, 0.717) is 25.0 Å². The van der Waals surface area contributed by atoms with E-state index < -0.39 is 10.0 Å². The summed E-state index contributed by atoms with van der Waals surface area (Å²) in [4.78, 5) is 6.81. The van der Waals surface area contributed by atoms with Crippen molar-refractivity contribution in [3.8, 4) is 0 Å². The van der Waals surface area contributed by atoms with Crippen LogP contribution in [0.15, 0.2) is 17.1 Å². The fourth-order valence-corrected chi connectivity index (χ4v) is 4.72. The van der Waals surface area contributed by atoms with Gasteiger partial charge in [-0.2, -0.15) is 0 Å². The Morgan fingerprint density at radius 3 is 2.72 bits per heavy atom. The number of guanidine groups is 1. The molecule has 2 rings (SSSR count). The number of hydrogen-bond acceptors (Lipinski definition) is 4. The molecule has 1 aliphatic rings. The second-order valence-corrected chi connectivity index (χ2v) is 10.0. The molecule has 3 N–H and O–H groups in total. The molecule has 8 heteroatoms. The van der Waals surface area contributed by atoms with Crippen molar-refractivity contribution in [2.75, 3.05) is 25.9 Å². The second kappa shape index (κ2) is 9.54. The molecule has 1 heterocycles. The van der Waals surface area contributed by atoms with Crippen molar-refractivity contribution in [3.05, 3.63) is 21.9 Å². The topological polar surface area (TPSA) is 82.6 Å². The first kappa shape index (κ1) is 20.2. The third kappa shape index (κ3) is 7.33. The van der Waals surface area contributed by atoms with Gasteiger partial charge < -0.3 is 10.6 Å². The van der Waals surface area contributed by atoms with Crippen molar-refractivity contribution in [2.45, 2.75) is 45.6 Å². The van der Waals surface area contributed by atoms with Gasteiger partial charge in [0.2, 0.25) is 10.0 Å². The largest absolute Gasteiger partial charge is 0.355 e. The van der Waals surface area contributed by atoms with Crippen LogP contribution in [-0.4, -0.2) is 46.3 Å². The van der Waals surface area contributed by atoms with Crippen LogP contribution in [-0.2, 0) is 16.4 Å². The van der Waals surface area contributed by atoms with E-state index in [1.54, 1.807) is 18.4 Å². The Morgan fingerprint density at radius 1 is 1.40 bits per heavy atom. The van der Waals surface area contributed by atoms with Gasteiger partial charge in [0.05, 0.1) is 5.75 Å². The average Bonchev–Trinajstić information content (AvgIpc) is 2.89.